The number of methoxy groups -OCH3 is 2. The van der Waals surface area contributed by atoms with Crippen molar-refractivity contribution < 1.29 is 38.0 Å². The van der Waals surface area contributed by atoms with E-state index in [1.165, 1.54) is 7.11 Å². The molecular weight excluding hydrogens is 404 g/mol. The summed E-state index contributed by atoms with van der Waals surface area (Å²) in [7, 11) is 3.09. The van der Waals surface area contributed by atoms with Crippen molar-refractivity contribution in [2.24, 2.45) is 0 Å². The van der Waals surface area contributed by atoms with E-state index >= 15 is 0 Å². The lowest BCUT2D eigenvalue weighted by molar-refractivity contribution is -0.280. The molecule has 1 aromatic rings. The molecule has 31 heavy (non-hydrogen) atoms. The number of benzene rings is 1. The Balaban J connectivity index is 1.88. The zero-order chi connectivity index (χ0) is 22.9. The van der Waals surface area contributed by atoms with Gasteiger partial charge in [0.15, 0.2) is 23.5 Å². The highest BCUT2D eigenvalue weighted by Crippen LogP contribution is 2.43. The van der Waals surface area contributed by atoms with Gasteiger partial charge in [-0.2, -0.15) is 0 Å². The van der Waals surface area contributed by atoms with Crippen molar-refractivity contribution in [1.29, 1.82) is 0 Å². The average Bonchev–Trinajstić information content (AvgIpc) is 3.00. The Kier molecular flexibility index (Phi) is 7.10. The van der Waals surface area contributed by atoms with E-state index in [9.17, 15) is 4.79 Å². The maximum absolute atomic E-state index is 12.9. The number of carbonyl (C=O) groups is 1. The number of ether oxygens (including phenoxy) is 7. The highest BCUT2D eigenvalue weighted by atomic mass is 16.8. The van der Waals surface area contributed by atoms with Crippen LogP contribution in [0.1, 0.15) is 51.4 Å². The minimum Gasteiger partial charge on any atom is -0.447 e. The second kappa shape index (κ2) is 9.13. The molecule has 5 atom stereocenters. The third kappa shape index (κ3) is 5.45. The number of fused-ring (bicyclic) bond motifs is 1. The second-order valence-corrected chi connectivity index (χ2v) is 9.01. The molecule has 2 heterocycles. The molecule has 2 aliphatic heterocycles. The van der Waals surface area contributed by atoms with Crippen molar-refractivity contribution in [3.8, 4) is 0 Å². The minimum atomic E-state index is -1.26. The SMILES string of the molecule is CO[C@H]1OC(COC(C)(C)OC)CC2OC(C)(C)OC2[C@@]1(C)OC(=O)c1ccccc1. The van der Waals surface area contributed by atoms with E-state index in [4.69, 9.17) is 33.2 Å². The van der Waals surface area contributed by atoms with E-state index in [1.54, 1.807) is 38.3 Å². The van der Waals surface area contributed by atoms with Gasteiger partial charge in [-0.1, -0.05) is 18.2 Å². The molecule has 0 aliphatic carbocycles. The van der Waals surface area contributed by atoms with Crippen LogP contribution < -0.4 is 0 Å². The molecule has 0 spiro atoms. The van der Waals surface area contributed by atoms with E-state index in [1.807, 2.05) is 33.8 Å². The second-order valence-electron chi connectivity index (χ2n) is 9.01. The van der Waals surface area contributed by atoms with Gasteiger partial charge in [0, 0.05) is 20.6 Å². The van der Waals surface area contributed by atoms with Crippen molar-refractivity contribution >= 4 is 5.97 Å². The highest BCUT2D eigenvalue weighted by Gasteiger charge is 2.60. The van der Waals surface area contributed by atoms with Gasteiger partial charge in [0.05, 0.1) is 24.4 Å². The van der Waals surface area contributed by atoms with Crippen molar-refractivity contribution in [2.75, 3.05) is 20.8 Å². The lowest BCUT2D eigenvalue weighted by Crippen LogP contribution is -2.56. The normalized spacial score (nSPS) is 32.9. The molecule has 0 bridgehead atoms. The van der Waals surface area contributed by atoms with E-state index in [2.05, 4.69) is 0 Å². The molecule has 174 valence electrons. The van der Waals surface area contributed by atoms with Crippen LogP contribution in [0.3, 0.4) is 0 Å². The maximum atomic E-state index is 12.9. The van der Waals surface area contributed by atoms with Gasteiger partial charge in [-0.15, -0.1) is 0 Å². The number of carbonyl (C=O) groups excluding carboxylic acids is 1. The van der Waals surface area contributed by atoms with E-state index in [-0.39, 0.29) is 18.8 Å². The molecule has 3 rings (SSSR count). The van der Waals surface area contributed by atoms with Crippen LogP contribution in [0.4, 0.5) is 0 Å². The molecule has 1 aromatic carbocycles. The standard InChI is InChI=1S/C23H34O8/c1-21(2,26-7)27-14-16-13-17-18(30-22(3,4)29-17)23(5,20(25-6)28-16)31-19(24)15-11-9-8-10-12-15/h8-12,16-18,20H,13-14H2,1-7H3/t16?,17?,18?,20-,23+/m0/s1. The topological polar surface area (TPSA) is 81.7 Å². The summed E-state index contributed by atoms with van der Waals surface area (Å²) in [4.78, 5) is 12.9. The third-order valence-electron chi connectivity index (χ3n) is 5.67. The largest absolute Gasteiger partial charge is 0.447 e. The monoisotopic (exact) mass is 438 g/mol. The molecule has 2 fully saturated rings. The van der Waals surface area contributed by atoms with Crippen molar-refractivity contribution in [3.05, 3.63) is 35.9 Å². The Morgan fingerprint density at radius 3 is 2.42 bits per heavy atom. The fourth-order valence-corrected chi connectivity index (χ4v) is 3.94. The fraction of sp³-hybridized carbons (Fsp3) is 0.696. The van der Waals surface area contributed by atoms with Crippen LogP contribution in [-0.4, -0.2) is 68.6 Å². The first-order chi connectivity index (χ1) is 14.5. The predicted molar refractivity (Wildman–Crippen MR) is 111 cm³/mol. The van der Waals surface area contributed by atoms with Crippen LogP contribution in [0.25, 0.3) is 0 Å². The molecule has 0 aromatic heterocycles. The first-order valence-electron chi connectivity index (χ1n) is 10.5. The minimum absolute atomic E-state index is 0.246. The van der Waals surface area contributed by atoms with Crippen LogP contribution in [0.15, 0.2) is 30.3 Å². The van der Waals surface area contributed by atoms with Crippen LogP contribution in [0, 0.1) is 0 Å². The van der Waals surface area contributed by atoms with Gasteiger partial charge in [-0.05, 0) is 46.8 Å². The van der Waals surface area contributed by atoms with Gasteiger partial charge in [0.25, 0.3) is 0 Å². The molecule has 0 saturated carbocycles. The first kappa shape index (κ1) is 24.1. The summed E-state index contributed by atoms with van der Waals surface area (Å²) in [5, 5.41) is 0. The molecule has 2 saturated heterocycles. The van der Waals surface area contributed by atoms with Gasteiger partial charge < -0.3 is 33.2 Å². The molecule has 0 amide bonds. The summed E-state index contributed by atoms with van der Waals surface area (Å²) in [5.74, 6) is -2.11. The summed E-state index contributed by atoms with van der Waals surface area (Å²) >= 11 is 0. The van der Waals surface area contributed by atoms with Crippen LogP contribution >= 0.6 is 0 Å². The Morgan fingerprint density at radius 1 is 1.13 bits per heavy atom. The zero-order valence-electron chi connectivity index (χ0n) is 19.4. The Bertz CT molecular complexity index is 749. The third-order valence-corrected chi connectivity index (χ3v) is 5.67. The smallest absolute Gasteiger partial charge is 0.338 e. The molecule has 0 radical (unpaired) electrons. The summed E-state index contributed by atoms with van der Waals surface area (Å²) in [5.41, 5.74) is -0.828. The van der Waals surface area contributed by atoms with Crippen LogP contribution in [0.5, 0.6) is 0 Å². The lowest BCUT2D eigenvalue weighted by atomic mass is 9.92. The molecule has 8 nitrogen and oxygen atoms in total. The Hall–Kier alpha value is -1.55. The molecule has 3 unspecified atom stereocenters. The Labute approximate surface area is 184 Å². The predicted octanol–water partition coefficient (Wildman–Crippen LogP) is 3.28. The van der Waals surface area contributed by atoms with Gasteiger partial charge in [-0.25, -0.2) is 4.79 Å². The maximum Gasteiger partial charge on any atom is 0.338 e. The first-order valence-corrected chi connectivity index (χ1v) is 10.5. The Morgan fingerprint density at radius 2 is 1.81 bits per heavy atom. The lowest BCUT2D eigenvalue weighted by Gasteiger charge is -2.39. The summed E-state index contributed by atoms with van der Waals surface area (Å²) in [6.45, 7) is 9.32. The number of hydrogen-bond acceptors (Lipinski definition) is 8. The summed E-state index contributed by atoms with van der Waals surface area (Å²) in [6.07, 6.45) is -1.79. The molecule has 8 heteroatoms. The van der Waals surface area contributed by atoms with E-state index < -0.39 is 35.5 Å². The van der Waals surface area contributed by atoms with Crippen LogP contribution in [-0.2, 0) is 33.2 Å². The van der Waals surface area contributed by atoms with Crippen molar-refractivity contribution in [1.82, 2.24) is 0 Å². The van der Waals surface area contributed by atoms with E-state index in [0.717, 1.165) is 0 Å². The van der Waals surface area contributed by atoms with Crippen molar-refractivity contribution in [2.45, 2.75) is 82.8 Å². The van der Waals surface area contributed by atoms with Crippen LogP contribution in [0.2, 0.25) is 0 Å². The quantitative estimate of drug-likeness (QED) is 0.474. The van der Waals surface area contributed by atoms with Crippen molar-refractivity contribution in [3.63, 3.8) is 0 Å². The number of hydrogen-bond donors (Lipinski definition) is 0. The van der Waals surface area contributed by atoms with Gasteiger partial charge in [0.2, 0.25) is 0 Å². The van der Waals surface area contributed by atoms with Gasteiger partial charge in [0.1, 0.15) is 6.10 Å². The number of esters is 1. The highest BCUT2D eigenvalue weighted by molar-refractivity contribution is 5.89. The number of rotatable bonds is 7. The summed E-state index contributed by atoms with van der Waals surface area (Å²) in [6, 6.07) is 8.79. The zero-order valence-corrected chi connectivity index (χ0v) is 19.4. The van der Waals surface area contributed by atoms with E-state index in [0.29, 0.717) is 12.0 Å². The molecular formula is C23H34O8. The fourth-order valence-electron chi connectivity index (χ4n) is 3.94. The van der Waals surface area contributed by atoms with Gasteiger partial charge >= 0.3 is 5.97 Å². The average molecular weight is 439 g/mol. The molecule has 2 aliphatic rings. The molecule has 0 N–H and O–H groups in total. The van der Waals surface area contributed by atoms with Gasteiger partial charge in [-0.3, -0.25) is 0 Å². The summed E-state index contributed by atoms with van der Waals surface area (Å²) < 4.78 is 41.5.